The predicted molar refractivity (Wildman–Crippen MR) is 55.9 cm³/mol. The van der Waals surface area contributed by atoms with Crippen LogP contribution in [-0.4, -0.2) is 37.8 Å². The first-order valence-electron chi connectivity index (χ1n) is 4.32. The minimum absolute atomic E-state index is 0.0139. The van der Waals surface area contributed by atoms with Gasteiger partial charge in [-0.05, 0) is 12.1 Å². The lowest BCUT2D eigenvalue weighted by atomic mass is 10.5. The van der Waals surface area contributed by atoms with Gasteiger partial charge in [-0.2, -0.15) is 13.2 Å². The molecule has 0 aromatic carbocycles. The molecule has 19 heavy (non-hydrogen) atoms. The van der Waals surface area contributed by atoms with Crippen molar-refractivity contribution in [1.29, 1.82) is 0 Å². The van der Waals surface area contributed by atoms with E-state index in [9.17, 15) is 21.6 Å². The number of alkyl halides is 3. The molecule has 108 valence electrons. The molecule has 0 radical (unpaired) electrons. The molecule has 1 aromatic rings. The molecule has 1 heterocycles. The number of hydrogen-bond donors (Lipinski definition) is 2. The second-order valence-electron chi connectivity index (χ2n) is 2.86. The summed E-state index contributed by atoms with van der Waals surface area (Å²) >= 11 is 0. The highest BCUT2D eigenvalue weighted by atomic mass is 32.2. The van der Waals surface area contributed by atoms with Gasteiger partial charge in [0.15, 0.2) is 0 Å². The molecule has 0 bridgehead atoms. The summed E-state index contributed by atoms with van der Waals surface area (Å²) in [5.74, 6) is -2.74. The second-order valence-corrected chi connectivity index (χ2v) is 4.39. The molecule has 7 nitrogen and oxygen atoms in total. The zero-order chi connectivity index (χ0) is 15.3. The fourth-order valence-electron chi connectivity index (χ4n) is 0.746. The topological polar surface area (TPSA) is 120 Å². The van der Waals surface area contributed by atoms with E-state index >= 15 is 0 Å². The lowest BCUT2D eigenvalue weighted by Gasteiger charge is -2.02. The van der Waals surface area contributed by atoms with Crippen LogP contribution in [0, 0.1) is 0 Å². The van der Waals surface area contributed by atoms with E-state index in [1.165, 1.54) is 25.4 Å². The van der Waals surface area contributed by atoms with Crippen molar-refractivity contribution in [3.8, 4) is 5.88 Å². The molecule has 0 aliphatic carbocycles. The zero-order valence-corrected chi connectivity index (χ0v) is 10.2. The molecule has 0 atom stereocenters. The molecule has 1 rings (SSSR count). The number of aromatic nitrogens is 1. The Labute approximate surface area is 105 Å². The van der Waals surface area contributed by atoms with Crippen LogP contribution in [0.15, 0.2) is 23.2 Å². The first-order valence-corrected chi connectivity index (χ1v) is 5.86. The van der Waals surface area contributed by atoms with Crippen LogP contribution in [0.25, 0.3) is 0 Å². The average Bonchev–Trinajstić information content (AvgIpc) is 2.27. The number of nitrogens with zero attached hydrogens (tertiary/aromatic N) is 1. The zero-order valence-electron chi connectivity index (χ0n) is 9.38. The number of rotatable bonds is 2. The standard InChI is InChI=1S/C6H8N2O3S.C2HF3O2/c1-11-6-5(12(7,9)10)3-2-4-8-6;3-2(4,5)1(6)7/h2-4H,1H3,(H2,7,9,10);(H,6,7). The molecular weight excluding hydrogens is 293 g/mol. The van der Waals surface area contributed by atoms with Gasteiger partial charge >= 0.3 is 12.1 Å². The van der Waals surface area contributed by atoms with E-state index < -0.39 is 22.2 Å². The van der Waals surface area contributed by atoms with E-state index in [0.29, 0.717) is 0 Å². The molecule has 0 aliphatic rings. The van der Waals surface area contributed by atoms with E-state index in [1.54, 1.807) is 0 Å². The molecule has 0 unspecified atom stereocenters. The van der Waals surface area contributed by atoms with Gasteiger partial charge in [-0.25, -0.2) is 23.3 Å². The number of halogens is 3. The van der Waals surface area contributed by atoms with Gasteiger partial charge in [0.25, 0.3) is 0 Å². The minimum atomic E-state index is -5.08. The Morgan fingerprint density at radius 3 is 2.21 bits per heavy atom. The number of hydrogen-bond acceptors (Lipinski definition) is 5. The van der Waals surface area contributed by atoms with Gasteiger partial charge in [0, 0.05) is 6.20 Å². The Morgan fingerprint density at radius 2 is 1.95 bits per heavy atom. The summed E-state index contributed by atoms with van der Waals surface area (Å²) in [6.45, 7) is 0. The number of sulfonamides is 1. The Kier molecular flexibility index (Phi) is 5.71. The number of primary sulfonamides is 1. The molecule has 0 saturated heterocycles. The minimum Gasteiger partial charge on any atom is -0.480 e. The normalized spacial score (nSPS) is 11.2. The van der Waals surface area contributed by atoms with E-state index in [4.69, 9.17) is 19.8 Å². The molecule has 0 amide bonds. The van der Waals surface area contributed by atoms with Crippen molar-refractivity contribution in [1.82, 2.24) is 4.98 Å². The van der Waals surface area contributed by atoms with Gasteiger partial charge in [-0.3, -0.25) is 0 Å². The third-order valence-electron chi connectivity index (χ3n) is 1.48. The summed E-state index contributed by atoms with van der Waals surface area (Å²) in [6, 6.07) is 2.81. The van der Waals surface area contributed by atoms with Gasteiger partial charge < -0.3 is 9.84 Å². The first kappa shape index (κ1) is 17.1. The molecule has 11 heteroatoms. The Morgan fingerprint density at radius 1 is 1.47 bits per heavy atom. The Hall–Kier alpha value is -1.88. The molecule has 1 aromatic heterocycles. The van der Waals surface area contributed by atoms with Crippen LogP contribution in [0.4, 0.5) is 13.2 Å². The van der Waals surface area contributed by atoms with Crippen molar-refractivity contribution in [2.75, 3.05) is 7.11 Å². The molecule has 0 spiro atoms. The second kappa shape index (κ2) is 6.33. The van der Waals surface area contributed by atoms with E-state index in [2.05, 4.69) is 4.98 Å². The molecular formula is C8H9F3N2O5S. The molecule has 0 aliphatic heterocycles. The number of carboxylic acids is 1. The maximum absolute atomic E-state index is 10.9. The number of methoxy groups -OCH3 is 1. The summed E-state index contributed by atoms with van der Waals surface area (Å²) < 4.78 is 58.2. The van der Waals surface area contributed by atoms with Crippen molar-refractivity contribution < 1.29 is 36.2 Å². The highest BCUT2D eigenvalue weighted by molar-refractivity contribution is 7.89. The van der Waals surface area contributed by atoms with Gasteiger partial charge in [0.1, 0.15) is 4.90 Å². The predicted octanol–water partition coefficient (Wildman–Crippen LogP) is 0.371. The van der Waals surface area contributed by atoms with Crippen LogP contribution in [0.5, 0.6) is 5.88 Å². The molecule has 0 fully saturated rings. The van der Waals surface area contributed by atoms with E-state index in [-0.39, 0.29) is 10.8 Å². The van der Waals surface area contributed by atoms with E-state index in [0.717, 1.165) is 0 Å². The van der Waals surface area contributed by atoms with Crippen molar-refractivity contribution in [2.45, 2.75) is 11.1 Å². The lowest BCUT2D eigenvalue weighted by molar-refractivity contribution is -0.192. The fraction of sp³-hybridized carbons (Fsp3) is 0.250. The smallest absolute Gasteiger partial charge is 0.480 e. The summed E-state index contributed by atoms with van der Waals surface area (Å²) in [5, 5.41) is 12.0. The lowest BCUT2D eigenvalue weighted by Crippen LogP contribution is -2.21. The SMILES string of the molecule is COc1ncccc1S(N)(=O)=O.O=C(O)C(F)(F)F. The number of nitrogens with two attached hydrogens (primary N) is 1. The number of aliphatic carboxylic acids is 1. The van der Waals surface area contributed by atoms with Gasteiger partial charge in [0.05, 0.1) is 7.11 Å². The Balaban J connectivity index is 0.000000399. The summed E-state index contributed by atoms with van der Waals surface area (Å²) in [7, 11) is -2.40. The van der Waals surface area contributed by atoms with Gasteiger partial charge in [0.2, 0.25) is 15.9 Å². The summed E-state index contributed by atoms with van der Waals surface area (Å²) in [4.78, 5) is 12.5. The molecule has 0 saturated carbocycles. The van der Waals surface area contributed by atoms with E-state index in [1.807, 2.05) is 0 Å². The van der Waals surface area contributed by atoms with Crippen molar-refractivity contribution in [2.24, 2.45) is 5.14 Å². The van der Waals surface area contributed by atoms with Crippen molar-refractivity contribution >= 4 is 16.0 Å². The van der Waals surface area contributed by atoms with Crippen molar-refractivity contribution in [3.05, 3.63) is 18.3 Å². The largest absolute Gasteiger partial charge is 0.490 e. The van der Waals surface area contributed by atoms with Crippen molar-refractivity contribution in [3.63, 3.8) is 0 Å². The van der Waals surface area contributed by atoms with Gasteiger partial charge in [-0.15, -0.1) is 0 Å². The van der Waals surface area contributed by atoms with Crippen LogP contribution in [0.2, 0.25) is 0 Å². The number of carbonyl (C=O) groups is 1. The van der Waals surface area contributed by atoms with Crippen LogP contribution >= 0.6 is 0 Å². The van der Waals surface area contributed by atoms with Gasteiger partial charge in [-0.1, -0.05) is 0 Å². The monoisotopic (exact) mass is 302 g/mol. The highest BCUT2D eigenvalue weighted by Gasteiger charge is 2.38. The summed E-state index contributed by atoms with van der Waals surface area (Å²) in [6.07, 6.45) is -3.66. The number of carboxylic acid groups (broad SMARTS) is 1. The molecule has 3 N–H and O–H groups in total. The fourth-order valence-corrected chi connectivity index (χ4v) is 1.39. The van der Waals surface area contributed by atoms with Crippen LogP contribution in [0.3, 0.4) is 0 Å². The maximum atomic E-state index is 10.9. The quantitative estimate of drug-likeness (QED) is 0.814. The Bertz CT molecular complexity index is 544. The maximum Gasteiger partial charge on any atom is 0.490 e. The average molecular weight is 302 g/mol. The van der Waals surface area contributed by atoms with Crippen LogP contribution in [-0.2, 0) is 14.8 Å². The first-order chi connectivity index (χ1) is 8.50. The van der Waals surface area contributed by atoms with Crippen LogP contribution < -0.4 is 9.88 Å². The highest BCUT2D eigenvalue weighted by Crippen LogP contribution is 2.17. The summed E-state index contributed by atoms with van der Waals surface area (Å²) in [5.41, 5.74) is 0. The third-order valence-corrected chi connectivity index (χ3v) is 2.40. The number of ether oxygens (including phenoxy) is 1. The van der Waals surface area contributed by atoms with Crippen LogP contribution in [0.1, 0.15) is 0 Å². The number of pyridine rings is 1. The third kappa shape index (κ3) is 6.01.